The summed E-state index contributed by atoms with van der Waals surface area (Å²) in [6.45, 7) is 13.2. The first-order chi connectivity index (χ1) is 12.8. The molecule has 1 rings (SSSR count). The lowest BCUT2D eigenvalue weighted by Crippen LogP contribution is -2.53. The predicted octanol–water partition coefficient (Wildman–Crippen LogP) is 3.22. The number of hydrogen-bond donors (Lipinski definition) is 1. The Labute approximate surface area is 163 Å². The summed E-state index contributed by atoms with van der Waals surface area (Å²) in [7, 11) is 4.89. The molecule has 0 aromatic rings. The number of hydrogen-bond acceptors (Lipinski definition) is 6. The molecule has 1 atom stereocenters. The van der Waals surface area contributed by atoms with Crippen molar-refractivity contribution >= 4 is 0 Å². The van der Waals surface area contributed by atoms with Gasteiger partial charge in [-0.15, -0.1) is 0 Å². The van der Waals surface area contributed by atoms with Gasteiger partial charge in [-0.25, -0.2) is 0 Å². The van der Waals surface area contributed by atoms with Crippen molar-refractivity contribution in [3.05, 3.63) is 36.0 Å². The van der Waals surface area contributed by atoms with Crippen molar-refractivity contribution in [2.45, 2.75) is 45.0 Å². The van der Waals surface area contributed by atoms with E-state index in [0.29, 0.717) is 25.2 Å². The van der Waals surface area contributed by atoms with Crippen LogP contribution in [0.25, 0.3) is 0 Å². The minimum Gasteiger partial charge on any atom is -0.392 e. The van der Waals surface area contributed by atoms with Crippen molar-refractivity contribution in [3.63, 3.8) is 0 Å². The average molecular weight is 385 g/mol. The maximum atomic E-state index is 9.45. The summed E-state index contributed by atoms with van der Waals surface area (Å²) < 4.78 is 28.0. The van der Waals surface area contributed by atoms with Gasteiger partial charge in [-0.05, 0) is 29.6 Å². The number of ether oxygens (including phenoxy) is 5. The van der Waals surface area contributed by atoms with E-state index in [2.05, 4.69) is 33.1 Å². The molecule has 1 aliphatic rings. The van der Waals surface area contributed by atoms with Gasteiger partial charge in [-0.1, -0.05) is 33.1 Å². The Kier molecular flexibility index (Phi) is 9.87. The van der Waals surface area contributed by atoms with Crippen LogP contribution in [-0.4, -0.2) is 64.9 Å². The second-order valence-electron chi connectivity index (χ2n) is 7.33. The third kappa shape index (κ3) is 5.73. The molecule has 0 saturated carbocycles. The molecule has 0 radical (unpaired) electrons. The molecule has 27 heavy (non-hydrogen) atoms. The van der Waals surface area contributed by atoms with Gasteiger partial charge in [-0.3, -0.25) is 0 Å². The van der Waals surface area contributed by atoms with E-state index in [9.17, 15) is 5.11 Å². The number of rotatable bonds is 13. The van der Waals surface area contributed by atoms with Crippen LogP contribution in [0.5, 0.6) is 0 Å². The number of aliphatic hydroxyl groups excluding tert-OH is 1. The Bertz CT molecular complexity index is 521. The molecule has 6 heteroatoms. The SMILES string of the molecule is C=C(CO)C(=C)CC1(OCOCCOC)CCC=C(C(OC)OC)C1(C)C. The minimum atomic E-state index is -0.589. The van der Waals surface area contributed by atoms with E-state index in [0.717, 1.165) is 24.0 Å². The third-order valence-electron chi connectivity index (χ3n) is 5.50. The first-order valence-electron chi connectivity index (χ1n) is 9.23. The zero-order chi connectivity index (χ0) is 20.5. The lowest BCUT2D eigenvalue weighted by Gasteiger charge is -2.51. The molecular formula is C21H36O6. The number of methoxy groups -OCH3 is 3. The Morgan fingerprint density at radius 3 is 2.37 bits per heavy atom. The highest BCUT2D eigenvalue weighted by Gasteiger charge is 2.52. The zero-order valence-electron chi connectivity index (χ0n) is 17.5. The molecule has 1 aliphatic carbocycles. The molecule has 0 bridgehead atoms. The van der Waals surface area contributed by atoms with E-state index in [4.69, 9.17) is 23.7 Å². The van der Waals surface area contributed by atoms with Gasteiger partial charge in [0.2, 0.25) is 0 Å². The molecule has 0 saturated heterocycles. The third-order valence-corrected chi connectivity index (χ3v) is 5.50. The fraction of sp³-hybridized carbons (Fsp3) is 0.714. The van der Waals surface area contributed by atoms with Crippen molar-refractivity contribution in [3.8, 4) is 0 Å². The molecule has 6 nitrogen and oxygen atoms in total. The summed E-state index contributed by atoms with van der Waals surface area (Å²) in [5.74, 6) is 0. The van der Waals surface area contributed by atoms with Crippen LogP contribution in [-0.2, 0) is 23.7 Å². The smallest absolute Gasteiger partial charge is 0.179 e. The van der Waals surface area contributed by atoms with Crippen LogP contribution in [0, 0.1) is 5.41 Å². The van der Waals surface area contributed by atoms with Crippen LogP contribution in [0.4, 0.5) is 0 Å². The maximum absolute atomic E-state index is 9.45. The van der Waals surface area contributed by atoms with Crippen LogP contribution < -0.4 is 0 Å². The Morgan fingerprint density at radius 2 is 1.81 bits per heavy atom. The Morgan fingerprint density at radius 1 is 1.15 bits per heavy atom. The quantitative estimate of drug-likeness (QED) is 0.228. The molecule has 1 N–H and O–H groups in total. The van der Waals surface area contributed by atoms with Gasteiger partial charge in [0.1, 0.15) is 6.79 Å². The van der Waals surface area contributed by atoms with Crippen molar-refractivity contribution in [1.82, 2.24) is 0 Å². The first kappa shape index (κ1) is 24.0. The highest BCUT2D eigenvalue weighted by molar-refractivity contribution is 5.32. The molecular weight excluding hydrogens is 348 g/mol. The average Bonchev–Trinajstić information content (AvgIpc) is 2.65. The van der Waals surface area contributed by atoms with Crippen LogP contribution in [0.1, 0.15) is 33.1 Å². The lowest BCUT2D eigenvalue weighted by molar-refractivity contribution is -0.198. The zero-order valence-corrected chi connectivity index (χ0v) is 17.5. The maximum Gasteiger partial charge on any atom is 0.179 e. The van der Waals surface area contributed by atoms with Gasteiger partial charge in [0, 0.05) is 33.2 Å². The van der Waals surface area contributed by atoms with Gasteiger partial charge < -0.3 is 28.8 Å². The summed E-state index contributed by atoms with van der Waals surface area (Å²) in [6, 6.07) is 0. The standard InChI is InChI=1S/C21H36O6/c1-16(17(2)14-22)13-21(27-15-26-12-11-23-5)10-8-9-18(20(21,3)4)19(24-6)25-7/h9,19,22H,1-2,8,10-15H2,3-7H3. The highest BCUT2D eigenvalue weighted by atomic mass is 16.7. The van der Waals surface area contributed by atoms with Gasteiger partial charge in [0.15, 0.2) is 6.29 Å². The number of allylic oxidation sites excluding steroid dienone is 1. The summed E-state index contributed by atoms with van der Waals surface area (Å²) >= 11 is 0. The molecule has 0 spiro atoms. The second-order valence-corrected chi connectivity index (χ2v) is 7.33. The highest BCUT2D eigenvalue weighted by Crippen LogP contribution is 2.52. The molecule has 0 aromatic heterocycles. The monoisotopic (exact) mass is 384 g/mol. The van der Waals surface area contributed by atoms with Crippen molar-refractivity contribution in [2.75, 3.05) is 47.9 Å². The lowest BCUT2D eigenvalue weighted by atomic mass is 9.61. The molecule has 1 unspecified atom stereocenters. The van der Waals surface area contributed by atoms with Crippen LogP contribution in [0.15, 0.2) is 36.0 Å². The fourth-order valence-electron chi connectivity index (χ4n) is 3.58. The van der Waals surface area contributed by atoms with Crippen molar-refractivity contribution < 1.29 is 28.8 Å². The Balaban J connectivity index is 3.13. The van der Waals surface area contributed by atoms with Crippen LogP contribution >= 0.6 is 0 Å². The predicted molar refractivity (Wildman–Crippen MR) is 105 cm³/mol. The normalized spacial score (nSPS) is 22.0. The number of aliphatic hydroxyl groups is 1. The van der Waals surface area contributed by atoms with E-state index in [1.54, 1.807) is 21.3 Å². The summed E-state index contributed by atoms with van der Waals surface area (Å²) in [4.78, 5) is 0. The molecule has 0 aromatic carbocycles. The van der Waals surface area contributed by atoms with E-state index in [1.807, 2.05) is 0 Å². The molecule has 0 amide bonds. The van der Waals surface area contributed by atoms with E-state index >= 15 is 0 Å². The van der Waals surface area contributed by atoms with Gasteiger partial charge in [0.25, 0.3) is 0 Å². The Hall–Kier alpha value is -1.02. The molecule has 0 heterocycles. The van der Waals surface area contributed by atoms with Gasteiger partial charge >= 0.3 is 0 Å². The molecule has 0 aliphatic heterocycles. The second kappa shape index (κ2) is 11.1. The fourth-order valence-corrected chi connectivity index (χ4v) is 3.58. The van der Waals surface area contributed by atoms with E-state index in [1.165, 1.54) is 0 Å². The van der Waals surface area contributed by atoms with Gasteiger partial charge in [0.05, 0.1) is 25.4 Å². The summed E-state index contributed by atoms with van der Waals surface area (Å²) in [5.41, 5.74) is 1.41. The van der Waals surface area contributed by atoms with Crippen LogP contribution in [0.2, 0.25) is 0 Å². The topological polar surface area (TPSA) is 66.4 Å². The van der Waals surface area contributed by atoms with Crippen LogP contribution in [0.3, 0.4) is 0 Å². The minimum absolute atomic E-state index is 0.124. The summed E-state index contributed by atoms with van der Waals surface area (Å²) in [5, 5.41) is 9.45. The van der Waals surface area contributed by atoms with E-state index < -0.39 is 17.3 Å². The molecule has 156 valence electrons. The van der Waals surface area contributed by atoms with E-state index in [-0.39, 0.29) is 13.4 Å². The largest absolute Gasteiger partial charge is 0.392 e. The van der Waals surface area contributed by atoms with Crippen molar-refractivity contribution in [2.24, 2.45) is 5.41 Å². The first-order valence-corrected chi connectivity index (χ1v) is 9.23. The summed E-state index contributed by atoms with van der Waals surface area (Å²) in [6.07, 6.45) is 3.85. The van der Waals surface area contributed by atoms with Crippen molar-refractivity contribution in [1.29, 1.82) is 0 Å². The molecule has 0 fully saturated rings. The van der Waals surface area contributed by atoms with Gasteiger partial charge in [-0.2, -0.15) is 0 Å².